The summed E-state index contributed by atoms with van der Waals surface area (Å²) in [6.45, 7) is 7.41. The molecule has 0 aliphatic heterocycles. The molecule has 1 aromatic heterocycles. The van der Waals surface area contributed by atoms with E-state index in [0.29, 0.717) is 11.1 Å². The molecule has 1 atom stereocenters. The number of nitriles is 1. The van der Waals surface area contributed by atoms with Gasteiger partial charge >= 0.3 is 0 Å². The van der Waals surface area contributed by atoms with Crippen molar-refractivity contribution in [2.75, 3.05) is 0 Å². The molecular weight excluding hydrogens is 362 g/mol. The van der Waals surface area contributed by atoms with Crippen molar-refractivity contribution < 1.29 is 5.11 Å². The van der Waals surface area contributed by atoms with Crippen LogP contribution in [0, 0.1) is 32.1 Å². The smallest absolute Gasteiger partial charge is 0.272 e. The molecule has 1 N–H and O–H groups in total. The van der Waals surface area contributed by atoms with Gasteiger partial charge in [-0.3, -0.25) is 14.4 Å². The molecule has 0 aliphatic rings. The van der Waals surface area contributed by atoms with Crippen molar-refractivity contribution in [1.29, 1.82) is 5.26 Å². The molecule has 5 heteroatoms. The zero-order valence-electron chi connectivity index (χ0n) is 17.0. The van der Waals surface area contributed by atoms with Crippen LogP contribution in [-0.4, -0.2) is 15.9 Å². The van der Waals surface area contributed by atoms with Gasteiger partial charge in [-0.05, 0) is 56.0 Å². The van der Waals surface area contributed by atoms with Crippen LogP contribution in [0.4, 0.5) is 5.69 Å². The number of aromatic hydroxyl groups is 1. The number of aryl methyl sites for hydroxylation is 2. The summed E-state index contributed by atoms with van der Waals surface area (Å²) >= 11 is 0. The van der Waals surface area contributed by atoms with Crippen LogP contribution >= 0.6 is 0 Å². The highest BCUT2D eigenvalue weighted by atomic mass is 16.3. The van der Waals surface area contributed by atoms with Crippen molar-refractivity contribution in [3.63, 3.8) is 0 Å². The van der Waals surface area contributed by atoms with Crippen LogP contribution in [0.2, 0.25) is 0 Å². The standard InChI is InChI=1S/C24H23N3O2/c1-15-10-11-16(2)22(12-15)26-14-21-17(3)20(13-25)23(28)27(24(21)29)18(4)19-8-6-5-7-9-19/h5-12,14,18,29H,1-4H3. The number of hydrogen-bond donors (Lipinski definition) is 1. The van der Waals surface area contributed by atoms with Gasteiger partial charge in [-0.1, -0.05) is 42.5 Å². The fourth-order valence-corrected chi connectivity index (χ4v) is 3.33. The van der Waals surface area contributed by atoms with Gasteiger partial charge in [0, 0.05) is 6.21 Å². The lowest BCUT2D eigenvalue weighted by molar-refractivity contribution is 0.393. The van der Waals surface area contributed by atoms with Crippen LogP contribution in [0.5, 0.6) is 5.88 Å². The van der Waals surface area contributed by atoms with E-state index >= 15 is 0 Å². The van der Waals surface area contributed by atoms with E-state index in [2.05, 4.69) is 4.99 Å². The average Bonchev–Trinajstić information content (AvgIpc) is 2.71. The maximum Gasteiger partial charge on any atom is 0.272 e. The summed E-state index contributed by atoms with van der Waals surface area (Å²) in [6, 6.07) is 16.9. The summed E-state index contributed by atoms with van der Waals surface area (Å²) in [4.78, 5) is 17.4. The van der Waals surface area contributed by atoms with E-state index in [1.807, 2.05) is 75.4 Å². The summed E-state index contributed by atoms with van der Waals surface area (Å²) in [7, 11) is 0. The summed E-state index contributed by atoms with van der Waals surface area (Å²) < 4.78 is 1.26. The van der Waals surface area contributed by atoms with Gasteiger partial charge in [-0.2, -0.15) is 5.26 Å². The third kappa shape index (κ3) is 3.83. The van der Waals surface area contributed by atoms with E-state index in [9.17, 15) is 15.2 Å². The average molecular weight is 385 g/mol. The largest absolute Gasteiger partial charge is 0.494 e. The van der Waals surface area contributed by atoms with Gasteiger partial charge in [0.1, 0.15) is 11.6 Å². The summed E-state index contributed by atoms with van der Waals surface area (Å²) in [6.07, 6.45) is 1.53. The van der Waals surface area contributed by atoms with Gasteiger partial charge in [0.15, 0.2) is 0 Å². The van der Waals surface area contributed by atoms with E-state index in [-0.39, 0.29) is 11.4 Å². The Morgan fingerprint density at radius 1 is 1.14 bits per heavy atom. The number of pyridine rings is 1. The molecule has 0 fully saturated rings. The molecule has 0 amide bonds. The fraction of sp³-hybridized carbons (Fsp3) is 0.208. The summed E-state index contributed by atoms with van der Waals surface area (Å²) in [5, 5.41) is 20.5. The molecule has 0 aliphatic carbocycles. The van der Waals surface area contributed by atoms with E-state index in [0.717, 1.165) is 22.4 Å². The van der Waals surface area contributed by atoms with Crippen molar-refractivity contribution in [1.82, 2.24) is 4.57 Å². The third-order valence-electron chi connectivity index (χ3n) is 5.16. The minimum atomic E-state index is -0.511. The summed E-state index contributed by atoms with van der Waals surface area (Å²) in [5.41, 5.74) is 3.98. The zero-order valence-corrected chi connectivity index (χ0v) is 17.0. The Balaban J connectivity index is 2.20. The van der Waals surface area contributed by atoms with E-state index in [1.165, 1.54) is 10.8 Å². The Morgan fingerprint density at radius 2 is 1.83 bits per heavy atom. The highest BCUT2D eigenvalue weighted by Crippen LogP contribution is 2.27. The Labute approximate surface area is 170 Å². The SMILES string of the molecule is Cc1ccc(C)c(N=Cc2c(C)c(C#N)c(=O)n(C(C)c3ccccc3)c2O)c1. The normalized spacial score (nSPS) is 12.1. The van der Waals surface area contributed by atoms with E-state index < -0.39 is 11.6 Å². The monoisotopic (exact) mass is 385 g/mol. The molecule has 2 aromatic carbocycles. The molecule has 146 valence electrons. The molecule has 3 aromatic rings. The quantitative estimate of drug-likeness (QED) is 0.661. The second kappa shape index (κ2) is 8.15. The van der Waals surface area contributed by atoms with Gasteiger partial charge in [-0.15, -0.1) is 0 Å². The van der Waals surface area contributed by atoms with Crippen molar-refractivity contribution in [3.8, 4) is 11.9 Å². The lowest BCUT2D eigenvalue weighted by Gasteiger charge is -2.20. The van der Waals surface area contributed by atoms with Gasteiger partial charge in [0.05, 0.1) is 17.3 Å². The van der Waals surface area contributed by atoms with E-state index in [1.54, 1.807) is 6.92 Å². The molecule has 0 spiro atoms. The van der Waals surface area contributed by atoms with Crippen LogP contribution in [0.1, 0.15) is 46.3 Å². The topological polar surface area (TPSA) is 78.4 Å². The lowest BCUT2D eigenvalue weighted by atomic mass is 10.0. The van der Waals surface area contributed by atoms with Crippen molar-refractivity contribution in [3.05, 3.63) is 92.3 Å². The molecule has 0 saturated carbocycles. The predicted octanol–water partition coefficient (Wildman–Crippen LogP) is 4.71. The zero-order chi connectivity index (χ0) is 21.1. The first-order valence-electron chi connectivity index (χ1n) is 9.39. The molecule has 0 radical (unpaired) electrons. The Bertz CT molecular complexity index is 1190. The van der Waals surface area contributed by atoms with Gasteiger partial charge < -0.3 is 5.11 Å². The van der Waals surface area contributed by atoms with Crippen LogP contribution in [0.15, 0.2) is 58.3 Å². The molecular formula is C24H23N3O2. The number of rotatable bonds is 4. The highest BCUT2D eigenvalue weighted by molar-refractivity contribution is 5.87. The van der Waals surface area contributed by atoms with Gasteiger partial charge in [0.2, 0.25) is 5.88 Å². The Kier molecular flexibility index (Phi) is 5.65. The van der Waals surface area contributed by atoms with Crippen LogP contribution in [-0.2, 0) is 0 Å². The number of aliphatic imine (C=N–C) groups is 1. The molecule has 1 unspecified atom stereocenters. The van der Waals surface area contributed by atoms with Crippen molar-refractivity contribution in [2.24, 2.45) is 4.99 Å². The minimum absolute atomic E-state index is 0.00740. The highest BCUT2D eigenvalue weighted by Gasteiger charge is 2.22. The molecule has 1 heterocycles. The number of nitrogens with zero attached hydrogens (tertiary/aromatic N) is 3. The van der Waals surface area contributed by atoms with Crippen LogP contribution in [0.25, 0.3) is 0 Å². The maximum atomic E-state index is 12.9. The second-order valence-electron chi connectivity index (χ2n) is 7.16. The Hall–Kier alpha value is -3.65. The van der Waals surface area contributed by atoms with Crippen molar-refractivity contribution in [2.45, 2.75) is 33.7 Å². The first-order valence-corrected chi connectivity index (χ1v) is 9.39. The summed E-state index contributed by atoms with van der Waals surface area (Å²) in [5.74, 6) is -0.197. The van der Waals surface area contributed by atoms with Gasteiger partial charge in [0.25, 0.3) is 5.56 Å². The molecule has 0 saturated heterocycles. The molecule has 5 nitrogen and oxygen atoms in total. The third-order valence-corrected chi connectivity index (χ3v) is 5.16. The predicted molar refractivity (Wildman–Crippen MR) is 115 cm³/mol. The lowest BCUT2D eigenvalue weighted by Crippen LogP contribution is -2.28. The molecule has 0 bridgehead atoms. The van der Waals surface area contributed by atoms with Gasteiger partial charge in [-0.25, -0.2) is 0 Å². The molecule has 3 rings (SSSR count). The van der Waals surface area contributed by atoms with Crippen molar-refractivity contribution >= 4 is 11.9 Å². The minimum Gasteiger partial charge on any atom is -0.494 e. The first kappa shape index (κ1) is 20.1. The van der Waals surface area contributed by atoms with E-state index in [4.69, 9.17) is 0 Å². The second-order valence-corrected chi connectivity index (χ2v) is 7.16. The first-order chi connectivity index (χ1) is 13.8. The number of hydrogen-bond acceptors (Lipinski definition) is 4. The molecule has 29 heavy (non-hydrogen) atoms. The van der Waals surface area contributed by atoms with Crippen LogP contribution in [0.3, 0.4) is 0 Å². The Morgan fingerprint density at radius 3 is 2.48 bits per heavy atom. The fourth-order valence-electron chi connectivity index (χ4n) is 3.33. The maximum absolute atomic E-state index is 12.9. The van der Waals surface area contributed by atoms with Crippen LogP contribution < -0.4 is 5.56 Å². The number of aromatic nitrogens is 1. The number of benzene rings is 2.